The minimum Gasteiger partial charge on any atom is -0.291 e. The number of hydrogen-bond donors (Lipinski definition) is 1. The van der Waals surface area contributed by atoms with Crippen LogP contribution in [0.15, 0.2) is 0 Å². The zero-order chi connectivity index (χ0) is 4.50. The Morgan fingerprint density at radius 1 is 2.00 bits per heavy atom. The van der Waals surface area contributed by atoms with Gasteiger partial charge in [-0.25, -0.2) is 4.21 Å². The first kappa shape index (κ1) is 4.91. The highest BCUT2D eigenvalue weighted by Crippen LogP contribution is 1.74. The summed E-state index contributed by atoms with van der Waals surface area (Å²) in [6.07, 6.45) is 0. The van der Waals surface area contributed by atoms with E-state index in [1.54, 1.807) is 0 Å². The quantitative estimate of drug-likeness (QED) is 0.343. The molecule has 0 amide bonds. The van der Waals surface area contributed by atoms with Crippen molar-refractivity contribution in [2.75, 3.05) is 0 Å². The molecule has 0 aliphatic rings. The van der Waals surface area contributed by atoms with Gasteiger partial charge in [-0.1, -0.05) is 0 Å². The largest absolute Gasteiger partial charge is 0.291 e. The fourth-order valence-electron chi connectivity index (χ4n) is 0. The number of hydrogen-bond acceptors (Lipinski definition) is 1. The number of halogens is 1. The summed E-state index contributed by atoms with van der Waals surface area (Å²) in [6.45, 7) is 0. The molecular weight excluding hydrogens is 95.1 g/mol. The SMILES string of the molecule is C=S(=O)(O)F. The lowest BCUT2D eigenvalue weighted by molar-refractivity contribution is 0.513. The molecule has 1 unspecified atom stereocenters. The highest BCUT2D eigenvalue weighted by atomic mass is 32.3. The second kappa shape index (κ2) is 0.948. The summed E-state index contributed by atoms with van der Waals surface area (Å²) in [4.78, 5) is 0. The Hall–Kier alpha value is -0.0900. The lowest BCUT2D eigenvalue weighted by Crippen LogP contribution is -1.79. The summed E-state index contributed by atoms with van der Waals surface area (Å²) >= 11 is 0. The average Bonchev–Trinajstić information content (AvgIpc) is 0.722. The topological polar surface area (TPSA) is 37.3 Å². The monoisotopic (exact) mass is 98.0 g/mol. The van der Waals surface area contributed by atoms with Crippen LogP contribution < -0.4 is 0 Å². The molecular formula is CH3FO2S. The van der Waals surface area contributed by atoms with Crippen molar-refractivity contribution in [2.24, 2.45) is 0 Å². The molecule has 0 bridgehead atoms. The van der Waals surface area contributed by atoms with Crippen molar-refractivity contribution in [3.63, 3.8) is 0 Å². The highest BCUT2D eigenvalue weighted by molar-refractivity contribution is 7.90. The first-order chi connectivity index (χ1) is 2.00. The second-order valence-corrected chi connectivity index (χ2v) is 1.69. The van der Waals surface area contributed by atoms with Gasteiger partial charge in [0.1, 0.15) is 0 Å². The molecule has 0 aromatic carbocycles. The maximum Gasteiger partial charge on any atom is 0.233 e. The van der Waals surface area contributed by atoms with Crippen molar-refractivity contribution < 1.29 is 12.6 Å². The van der Waals surface area contributed by atoms with Gasteiger partial charge in [0, 0.05) is 5.87 Å². The van der Waals surface area contributed by atoms with Crippen LogP contribution in [0.1, 0.15) is 0 Å². The van der Waals surface area contributed by atoms with Gasteiger partial charge in [0.15, 0.2) is 0 Å². The van der Waals surface area contributed by atoms with Crippen molar-refractivity contribution in [3.05, 3.63) is 0 Å². The van der Waals surface area contributed by atoms with Gasteiger partial charge < -0.3 is 0 Å². The van der Waals surface area contributed by atoms with Gasteiger partial charge in [0.2, 0.25) is 10.2 Å². The maximum atomic E-state index is 10.7. The third-order valence-electron chi connectivity index (χ3n) is 0. The molecule has 1 N–H and O–H groups in total. The molecule has 0 rings (SSSR count). The van der Waals surface area contributed by atoms with Crippen molar-refractivity contribution in [3.8, 4) is 0 Å². The molecule has 1 atom stereocenters. The standard InChI is InChI=1S/CH3FO2S/c1-5(2,3)4/h1H2,(H,3,4). The van der Waals surface area contributed by atoms with Crippen molar-refractivity contribution in [1.29, 1.82) is 0 Å². The Kier molecular flexibility index (Phi) is 0.931. The van der Waals surface area contributed by atoms with Crippen LogP contribution in [0.5, 0.6) is 0 Å². The van der Waals surface area contributed by atoms with Crippen LogP contribution in [0.4, 0.5) is 3.89 Å². The molecule has 2 nitrogen and oxygen atoms in total. The molecule has 0 aromatic rings. The van der Waals surface area contributed by atoms with Gasteiger partial charge in [-0.15, -0.1) is 3.89 Å². The van der Waals surface area contributed by atoms with E-state index in [0.29, 0.717) is 0 Å². The van der Waals surface area contributed by atoms with Gasteiger partial charge in [0.05, 0.1) is 0 Å². The highest BCUT2D eigenvalue weighted by Gasteiger charge is 1.78. The first-order valence-corrected chi connectivity index (χ1v) is 2.38. The van der Waals surface area contributed by atoms with Crippen LogP contribution in [0.2, 0.25) is 0 Å². The fraction of sp³-hybridized carbons (Fsp3) is 0. The van der Waals surface area contributed by atoms with Gasteiger partial charge in [-0.05, 0) is 0 Å². The van der Waals surface area contributed by atoms with E-state index >= 15 is 0 Å². The predicted molar refractivity (Wildman–Crippen MR) is 19.0 cm³/mol. The zero-order valence-corrected chi connectivity index (χ0v) is 3.17. The van der Waals surface area contributed by atoms with Crippen molar-refractivity contribution in [2.45, 2.75) is 0 Å². The smallest absolute Gasteiger partial charge is 0.233 e. The zero-order valence-electron chi connectivity index (χ0n) is 2.35. The van der Waals surface area contributed by atoms with Crippen molar-refractivity contribution in [1.82, 2.24) is 0 Å². The van der Waals surface area contributed by atoms with Gasteiger partial charge in [-0.2, -0.15) is 0 Å². The minimum absolute atomic E-state index is 2.19. The lowest BCUT2D eigenvalue weighted by atomic mass is 12.0. The normalized spacial score (nSPS) is 21.2. The first-order valence-electron chi connectivity index (χ1n) is 0.792. The Morgan fingerprint density at radius 3 is 2.00 bits per heavy atom. The predicted octanol–water partition coefficient (Wildman–Crippen LogP) is 0.0603. The molecule has 32 valence electrons. The Labute approximate surface area is 29.7 Å². The number of rotatable bonds is 0. The summed E-state index contributed by atoms with van der Waals surface area (Å²) in [5.41, 5.74) is 0. The summed E-state index contributed by atoms with van der Waals surface area (Å²) in [5.74, 6) is 2.19. The molecule has 0 aliphatic heterocycles. The summed E-state index contributed by atoms with van der Waals surface area (Å²) in [6, 6.07) is 0. The molecule has 0 saturated heterocycles. The molecule has 0 heterocycles. The molecule has 0 aliphatic carbocycles. The molecule has 0 radical (unpaired) electrons. The molecule has 0 saturated carbocycles. The van der Waals surface area contributed by atoms with E-state index in [1.807, 2.05) is 0 Å². The third kappa shape index (κ3) is 1760. The van der Waals surface area contributed by atoms with E-state index in [-0.39, 0.29) is 0 Å². The Balaban J connectivity index is 4.06. The Morgan fingerprint density at radius 2 is 2.00 bits per heavy atom. The molecule has 0 aromatic heterocycles. The van der Waals surface area contributed by atoms with Crippen LogP contribution >= 0.6 is 0 Å². The molecule has 0 fully saturated rings. The van der Waals surface area contributed by atoms with Gasteiger partial charge >= 0.3 is 0 Å². The van der Waals surface area contributed by atoms with Crippen molar-refractivity contribution >= 4 is 16.1 Å². The molecule has 0 spiro atoms. The van der Waals surface area contributed by atoms with Crippen LogP contribution in [0, 0.1) is 0 Å². The maximum absolute atomic E-state index is 10.7. The van der Waals surface area contributed by atoms with Crippen LogP contribution in [0.3, 0.4) is 0 Å². The molecule has 5 heavy (non-hydrogen) atoms. The van der Waals surface area contributed by atoms with Crippen LogP contribution in [-0.4, -0.2) is 14.6 Å². The third-order valence-corrected chi connectivity index (χ3v) is 0. The van der Waals surface area contributed by atoms with Gasteiger partial charge in [0.25, 0.3) is 0 Å². The Bertz CT molecular complexity index is 92.8. The minimum atomic E-state index is -4.17. The van der Waals surface area contributed by atoms with E-state index in [1.165, 1.54) is 0 Å². The van der Waals surface area contributed by atoms with E-state index in [0.717, 1.165) is 0 Å². The van der Waals surface area contributed by atoms with E-state index in [4.69, 9.17) is 8.76 Å². The summed E-state index contributed by atoms with van der Waals surface area (Å²) in [5, 5.41) is 0. The average molecular weight is 98.1 g/mol. The summed E-state index contributed by atoms with van der Waals surface area (Å²) in [7, 11) is -4.17. The molecule has 4 heteroatoms. The van der Waals surface area contributed by atoms with Crippen LogP contribution in [0.25, 0.3) is 0 Å². The van der Waals surface area contributed by atoms with Gasteiger partial charge in [-0.3, -0.25) is 4.55 Å². The fourth-order valence-corrected chi connectivity index (χ4v) is 0. The van der Waals surface area contributed by atoms with E-state index in [2.05, 4.69) is 5.87 Å². The van der Waals surface area contributed by atoms with E-state index in [9.17, 15) is 3.89 Å². The summed E-state index contributed by atoms with van der Waals surface area (Å²) < 4.78 is 26.9. The second-order valence-electron chi connectivity index (χ2n) is 0.563. The van der Waals surface area contributed by atoms with Crippen LogP contribution in [-0.2, 0) is 10.2 Å². The van der Waals surface area contributed by atoms with E-state index < -0.39 is 10.2 Å². The lowest BCUT2D eigenvalue weighted by Gasteiger charge is -1.71.